The van der Waals surface area contributed by atoms with Gasteiger partial charge in [0.05, 0.1) is 6.04 Å². The summed E-state index contributed by atoms with van der Waals surface area (Å²) in [5.41, 5.74) is 0. The molecule has 6 nitrogen and oxygen atoms in total. The van der Waals surface area contributed by atoms with Crippen molar-refractivity contribution in [3.05, 3.63) is 0 Å². The number of urea groups is 1. The molecule has 0 spiro atoms. The van der Waals surface area contributed by atoms with Gasteiger partial charge in [0.1, 0.15) is 13.5 Å². The van der Waals surface area contributed by atoms with Gasteiger partial charge in [-0.05, 0) is 6.92 Å². The Bertz CT molecular complexity index is 168. The SMILES string of the molecule is CC1C(O)N(CO)C(=O)N1CO. The summed E-state index contributed by atoms with van der Waals surface area (Å²) in [5.74, 6) is 0. The minimum Gasteiger partial charge on any atom is -0.376 e. The van der Waals surface area contributed by atoms with Gasteiger partial charge >= 0.3 is 6.03 Å². The molecule has 1 heterocycles. The Morgan fingerprint density at radius 3 is 2.08 bits per heavy atom. The van der Waals surface area contributed by atoms with E-state index in [1.54, 1.807) is 6.92 Å². The van der Waals surface area contributed by atoms with E-state index in [4.69, 9.17) is 10.2 Å². The molecule has 1 aliphatic rings. The molecule has 1 saturated heterocycles. The minimum atomic E-state index is -1.05. The Kier molecular flexibility index (Phi) is 2.51. The van der Waals surface area contributed by atoms with Gasteiger partial charge < -0.3 is 15.3 Å². The first-order valence-electron chi connectivity index (χ1n) is 3.60. The van der Waals surface area contributed by atoms with Crippen LogP contribution in [0.1, 0.15) is 6.92 Å². The lowest BCUT2D eigenvalue weighted by atomic mass is 10.3. The van der Waals surface area contributed by atoms with Crippen LogP contribution >= 0.6 is 0 Å². The first-order valence-corrected chi connectivity index (χ1v) is 3.60. The molecule has 0 bridgehead atoms. The summed E-state index contributed by atoms with van der Waals surface area (Å²) >= 11 is 0. The molecule has 2 atom stereocenters. The Labute approximate surface area is 69.6 Å². The highest BCUT2D eigenvalue weighted by Crippen LogP contribution is 2.19. The minimum absolute atomic E-state index is 0.451. The molecule has 6 heteroatoms. The quantitative estimate of drug-likeness (QED) is 0.469. The predicted molar refractivity (Wildman–Crippen MR) is 38.7 cm³/mol. The number of aliphatic hydroxyl groups is 3. The van der Waals surface area contributed by atoms with E-state index in [-0.39, 0.29) is 0 Å². The van der Waals surface area contributed by atoms with E-state index < -0.39 is 31.8 Å². The largest absolute Gasteiger partial charge is 0.376 e. The van der Waals surface area contributed by atoms with Crippen molar-refractivity contribution in [1.29, 1.82) is 0 Å². The molecule has 0 aromatic rings. The zero-order chi connectivity index (χ0) is 9.30. The topological polar surface area (TPSA) is 84.2 Å². The van der Waals surface area contributed by atoms with Crippen molar-refractivity contribution in [3.63, 3.8) is 0 Å². The maximum Gasteiger partial charge on any atom is 0.326 e. The summed E-state index contributed by atoms with van der Waals surface area (Å²) < 4.78 is 0. The predicted octanol–water partition coefficient (Wildman–Crippen LogP) is -1.67. The molecular formula is C6H12N2O4. The summed E-state index contributed by atoms with van der Waals surface area (Å²) in [6.45, 7) is 0.600. The lowest BCUT2D eigenvalue weighted by Gasteiger charge is -2.17. The highest BCUT2D eigenvalue weighted by Gasteiger charge is 2.41. The van der Waals surface area contributed by atoms with Crippen LogP contribution in [-0.2, 0) is 0 Å². The van der Waals surface area contributed by atoms with Gasteiger partial charge in [0.2, 0.25) is 0 Å². The van der Waals surface area contributed by atoms with Crippen LogP contribution in [0.25, 0.3) is 0 Å². The number of nitrogens with zero attached hydrogens (tertiary/aromatic N) is 2. The van der Waals surface area contributed by atoms with E-state index in [0.717, 1.165) is 9.80 Å². The summed E-state index contributed by atoms with van der Waals surface area (Å²) in [7, 11) is 0. The molecule has 0 radical (unpaired) electrons. The molecule has 70 valence electrons. The fraction of sp³-hybridized carbons (Fsp3) is 0.833. The molecule has 0 saturated carbocycles. The normalized spacial score (nSPS) is 30.2. The van der Waals surface area contributed by atoms with Gasteiger partial charge in [0, 0.05) is 0 Å². The van der Waals surface area contributed by atoms with Crippen molar-refractivity contribution in [3.8, 4) is 0 Å². The molecule has 2 unspecified atom stereocenters. The lowest BCUT2D eigenvalue weighted by molar-refractivity contribution is -0.00736. The van der Waals surface area contributed by atoms with Crippen LogP contribution in [0, 0.1) is 0 Å². The standard InChI is InChI=1S/C6H12N2O4/c1-4-5(11)8(3-10)6(12)7(4)2-9/h4-5,9-11H,2-3H2,1H3. The molecule has 1 fully saturated rings. The molecule has 1 rings (SSSR count). The number of amides is 2. The van der Waals surface area contributed by atoms with Gasteiger partial charge in [-0.1, -0.05) is 0 Å². The summed E-state index contributed by atoms with van der Waals surface area (Å²) in [6, 6.07) is -1.05. The highest BCUT2D eigenvalue weighted by molar-refractivity contribution is 5.77. The monoisotopic (exact) mass is 176 g/mol. The first-order chi connectivity index (χ1) is 5.63. The Balaban J connectivity index is 2.78. The summed E-state index contributed by atoms with van der Waals surface area (Å²) in [4.78, 5) is 13.1. The molecule has 1 aliphatic heterocycles. The highest BCUT2D eigenvalue weighted by atomic mass is 16.3. The van der Waals surface area contributed by atoms with E-state index in [1.165, 1.54) is 0 Å². The maximum absolute atomic E-state index is 11.2. The Hall–Kier alpha value is -0.850. The van der Waals surface area contributed by atoms with E-state index in [0.29, 0.717) is 0 Å². The van der Waals surface area contributed by atoms with Crippen molar-refractivity contribution < 1.29 is 20.1 Å². The van der Waals surface area contributed by atoms with Crippen LogP contribution in [0.5, 0.6) is 0 Å². The molecule has 0 aliphatic carbocycles. The van der Waals surface area contributed by atoms with Gasteiger partial charge in [-0.15, -0.1) is 0 Å². The van der Waals surface area contributed by atoms with E-state index in [9.17, 15) is 9.90 Å². The number of hydrogen-bond donors (Lipinski definition) is 3. The van der Waals surface area contributed by atoms with Crippen LogP contribution in [0.2, 0.25) is 0 Å². The van der Waals surface area contributed by atoms with E-state index >= 15 is 0 Å². The van der Waals surface area contributed by atoms with Gasteiger partial charge in [0.15, 0.2) is 6.23 Å². The van der Waals surface area contributed by atoms with Crippen molar-refractivity contribution in [2.45, 2.75) is 19.2 Å². The van der Waals surface area contributed by atoms with Crippen LogP contribution < -0.4 is 0 Å². The fourth-order valence-electron chi connectivity index (χ4n) is 1.21. The molecule has 3 N–H and O–H groups in total. The smallest absolute Gasteiger partial charge is 0.326 e. The van der Waals surface area contributed by atoms with Crippen LogP contribution in [0.3, 0.4) is 0 Å². The third-order valence-corrected chi connectivity index (χ3v) is 2.04. The average molecular weight is 176 g/mol. The maximum atomic E-state index is 11.2. The van der Waals surface area contributed by atoms with E-state index in [1.807, 2.05) is 0 Å². The van der Waals surface area contributed by atoms with Crippen molar-refractivity contribution >= 4 is 6.03 Å². The van der Waals surface area contributed by atoms with Gasteiger partial charge in [-0.2, -0.15) is 0 Å². The van der Waals surface area contributed by atoms with Crippen LogP contribution in [-0.4, -0.2) is 56.9 Å². The lowest BCUT2D eigenvalue weighted by Crippen LogP contribution is -2.36. The van der Waals surface area contributed by atoms with Crippen molar-refractivity contribution in [2.24, 2.45) is 0 Å². The zero-order valence-electron chi connectivity index (χ0n) is 6.71. The summed E-state index contributed by atoms with van der Waals surface area (Å²) in [6.07, 6.45) is -1.05. The first kappa shape index (κ1) is 9.24. The molecule has 0 aromatic heterocycles. The average Bonchev–Trinajstić information content (AvgIpc) is 2.25. The molecule has 2 amide bonds. The fourth-order valence-corrected chi connectivity index (χ4v) is 1.21. The van der Waals surface area contributed by atoms with Gasteiger partial charge in [-0.25, -0.2) is 4.79 Å². The molecule has 0 aromatic carbocycles. The Morgan fingerprint density at radius 1 is 1.33 bits per heavy atom. The number of rotatable bonds is 2. The third-order valence-electron chi connectivity index (χ3n) is 2.04. The van der Waals surface area contributed by atoms with Gasteiger partial charge in [-0.3, -0.25) is 9.80 Å². The van der Waals surface area contributed by atoms with E-state index in [2.05, 4.69) is 0 Å². The number of hydrogen-bond acceptors (Lipinski definition) is 4. The number of carbonyl (C=O) groups is 1. The molecular weight excluding hydrogens is 164 g/mol. The third kappa shape index (κ3) is 1.13. The number of aliphatic hydroxyl groups excluding tert-OH is 3. The zero-order valence-corrected chi connectivity index (χ0v) is 6.71. The van der Waals surface area contributed by atoms with Crippen LogP contribution in [0.15, 0.2) is 0 Å². The number of carbonyl (C=O) groups excluding carboxylic acids is 1. The van der Waals surface area contributed by atoms with Crippen molar-refractivity contribution in [1.82, 2.24) is 9.80 Å². The second-order valence-electron chi connectivity index (χ2n) is 2.66. The van der Waals surface area contributed by atoms with Crippen LogP contribution in [0.4, 0.5) is 4.79 Å². The van der Waals surface area contributed by atoms with Gasteiger partial charge in [0.25, 0.3) is 0 Å². The summed E-state index contributed by atoms with van der Waals surface area (Å²) in [5, 5.41) is 26.7. The molecule has 12 heavy (non-hydrogen) atoms. The Morgan fingerprint density at radius 2 is 1.83 bits per heavy atom. The second-order valence-corrected chi connectivity index (χ2v) is 2.66. The van der Waals surface area contributed by atoms with Crippen molar-refractivity contribution in [2.75, 3.05) is 13.5 Å². The second kappa shape index (κ2) is 3.26.